The zero-order chi connectivity index (χ0) is 17.3. The van der Waals surface area contributed by atoms with E-state index < -0.39 is 0 Å². The fraction of sp³-hybridized carbons (Fsp3) is 1.00. The van der Waals surface area contributed by atoms with Crippen LogP contribution in [0.3, 0.4) is 0 Å². The molecular weight excluding hydrogens is 306 g/mol. The van der Waals surface area contributed by atoms with Crippen LogP contribution in [0.2, 0.25) is 0 Å². The average molecular weight is 343 g/mol. The maximum absolute atomic E-state index is 10.3. The third-order valence-electron chi connectivity index (χ3n) is 7.02. The van der Waals surface area contributed by atoms with Crippen molar-refractivity contribution in [1.82, 2.24) is 0 Å². The molecule has 0 amide bonds. The number of nitrogens with one attached hydrogen (secondary N) is 1. The summed E-state index contributed by atoms with van der Waals surface area (Å²) in [4.78, 5) is 1.59. The van der Waals surface area contributed by atoms with Crippen molar-refractivity contribution >= 4 is 0 Å². The number of fused-ring (bicyclic) bond motifs is 1. The Morgan fingerprint density at radius 3 is 2.29 bits per heavy atom. The van der Waals surface area contributed by atoms with Gasteiger partial charge in [0, 0.05) is 26.1 Å². The summed E-state index contributed by atoms with van der Waals surface area (Å²) in [6.07, 6.45) is 5.52. The Bertz CT molecular complexity index is 407. The molecule has 3 rings (SSSR count). The van der Waals surface area contributed by atoms with E-state index in [-0.39, 0.29) is 24.4 Å². The molecule has 9 unspecified atom stereocenters. The lowest BCUT2D eigenvalue weighted by Gasteiger charge is -2.47. The van der Waals surface area contributed by atoms with Crippen molar-refractivity contribution in [3.63, 3.8) is 0 Å². The molecule has 1 aliphatic heterocycles. The van der Waals surface area contributed by atoms with Gasteiger partial charge in [-0.05, 0) is 50.4 Å². The van der Waals surface area contributed by atoms with E-state index in [2.05, 4.69) is 7.05 Å². The molecule has 3 aliphatic rings. The van der Waals surface area contributed by atoms with Gasteiger partial charge in [0.1, 0.15) is 0 Å². The number of hydrogen-bond donors (Lipinski definition) is 3. The summed E-state index contributed by atoms with van der Waals surface area (Å²) >= 11 is 0. The highest BCUT2D eigenvalue weighted by atomic mass is 16.5. The van der Waals surface area contributed by atoms with E-state index in [1.807, 2.05) is 0 Å². The Kier molecular flexibility index (Phi) is 6.20. The lowest BCUT2D eigenvalue weighted by Crippen LogP contribution is -3.12. The predicted octanol–water partition coefficient (Wildman–Crippen LogP) is 0.0991. The average Bonchev–Trinajstić information content (AvgIpc) is 2.54. The van der Waals surface area contributed by atoms with Crippen LogP contribution in [0.25, 0.3) is 0 Å². The molecule has 3 N–H and O–H groups in total. The second-order valence-corrected chi connectivity index (χ2v) is 8.62. The Hall–Kier alpha value is -0.200. The maximum Gasteiger partial charge on any atom is 0.0833 e. The smallest absolute Gasteiger partial charge is 0.0833 e. The van der Waals surface area contributed by atoms with E-state index in [0.29, 0.717) is 23.7 Å². The van der Waals surface area contributed by atoms with Crippen LogP contribution in [0.15, 0.2) is 0 Å². The molecule has 2 saturated carbocycles. The summed E-state index contributed by atoms with van der Waals surface area (Å²) in [6.45, 7) is 2.39. The highest BCUT2D eigenvalue weighted by Crippen LogP contribution is 2.41. The summed E-state index contributed by atoms with van der Waals surface area (Å²) in [5.41, 5.74) is 0. The van der Waals surface area contributed by atoms with Gasteiger partial charge in [0.05, 0.1) is 44.6 Å². The molecule has 0 radical (unpaired) electrons. The van der Waals surface area contributed by atoms with Gasteiger partial charge in [-0.1, -0.05) is 0 Å². The van der Waals surface area contributed by atoms with Crippen molar-refractivity contribution in [2.24, 2.45) is 23.7 Å². The van der Waals surface area contributed by atoms with Gasteiger partial charge < -0.3 is 24.6 Å². The highest BCUT2D eigenvalue weighted by molar-refractivity contribution is 4.92. The summed E-state index contributed by atoms with van der Waals surface area (Å²) in [6, 6.07) is 0. The first kappa shape index (κ1) is 18.6. The SMILES string of the molecule is COC1CCC(CC2C[NH+](C)CC3CC(O)C(OC)CC23)CC1O. The van der Waals surface area contributed by atoms with E-state index >= 15 is 0 Å². The molecule has 24 heavy (non-hydrogen) atoms. The molecule has 1 heterocycles. The molecular formula is C19H36NO4+. The van der Waals surface area contributed by atoms with Crippen molar-refractivity contribution in [2.75, 3.05) is 34.4 Å². The Morgan fingerprint density at radius 2 is 1.62 bits per heavy atom. The Morgan fingerprint density at radius 1 is 0.917 bits per heavy atom. The number of ether oxygens (including phenoxy) is 2. The van der Waals surface area contributed by atoms with E-state index in [1.54, 1.807) is 19.1 Å². The fourth-order valence-electron chi connectivity index (χ4n) is 5.83. The molecule has 0 aromatic rings. The number of quaternary nitrogens is 1. The topological polar surface area (TPSA) is 63.4 Å². The van der Waals surface area contributed by atoms with Crippen LogP contribution in [0.4, 0.5) is 0 Å². The van der Waals surface area contributed by atoms with Gasteiger partial charge in [0.2, 0.25) is 0 Å². The summed E-state index contributed by atoms with van der Waals surface area (Å²) in [5.74, 6) is 2.57. The van der Waals surface area contributed by atoms with Crippen molar-refractivity contribution in [2.45, 2.75) is 62.9 Å². The first-order chi connectivity index (χ1) is 11.5. The zero-order valence-corrected chi connectivity index (χ0v) is 15.5. The number of aliphatic hydroxyl groups excluding tert-OH is 2. The van der Waals surface area contributed by atoms with Crippen LogP contribution >= 0.6 is 0 Å². The van der Waals surface area contributed by atoms with Crippen molar-refractivity contribution in [3.05, 3.63) is 0 Å². The van der Waals surface area contributed by atoms with Gasteiger partial charge in [0.25, 0.3) is 0 Å². The number of likely N-dealkylation sites (tertiary alicyclic amines) is 1. The number of aliphatic hydroxyl groups is 2. The third-order valence-corrected chi connectivity index (χ3v) is 7.02. The second-order valence-electron chi connectivity index (χ2n) is 8.62. The Labute approximate surface area is 146 Å². The lowest BCUT2D eigenvalue weighted by atomic mass is 9.65. The molecule has 0 bridgehead atoms. The van der Waals surface area contributed by atoms with Crippen LogP contribution < -0.4 is 4.90 Å². The van der Waals surface area contributed by atoms with Crippen molar-refractivity contribution < 1.29 is 24.6 Å². The van der Waals surface area contributed by atoms with E-state index in [1.165, 1.54) is 25.9 Å². The van der Waals surface area contributed by atoms with Crippen molar-refractivity contribution in [3.8, 4) is 0 Å². The van der Waals surface area contributed by atoms with E-state index in [9.17, 15) is 10.2 Å². The van der Waals surface area contributed by atoms with Crippen LogP contribution in [-0.2, 0) is 9.47 Å². The lowest BCUT2D eigenvalue weighted by molar-refractivity contribution is -0.895. The summed E-state index contributed by atoms with van der Waals surface area (Å²) < 4.78 is 10.9. The molecule has 5 nitrogen and oxygen atoms in total. The normalized spacial score (nSPS) is 49.6. The first-order valence-electron chi connectivity index (χ1n) is 9.74. The minimum absolute atomic E-state index is 0.00183. The minimum atomic E-state index is -0.307. The second kappa shape index (κ2) is 8.00. The molecule has 1 saturated heterocycles. The maximum atomic E-state index is 10.3. The van der Waals surface area contributed by atoms with Crippen LogP contribution in [0, 0.1) is 23.7 Å². The quantitative estimate of drug-likeness (QED) is 0.678. The molecule has 3 fully saturated rings. The minimum Gasteiger partial charge on any atom is -0.390 e. The molecule has 0 aromatic carbocycles. The fourth-order valence-corrected chi connectivity index (χ4v) is 5.83. The van der Waals surface area contributed by atoms with Gasteiger partial charge in [-0.3, -0.25) is 0 Å². The van der Waals surface area contributed by atoms with E-state index in [0.717, 1.165) is 25.7 Å². The number of piperidine rings is 1. The molecule has 0 spiro atoms. The monoisotopic (exact) mass is 342 g/mol. The van der Waals surface area contributed by atoms with Crippen LogP contribution in [0.1, 0.15) is 38.5 Å². The summed E-state index contributed by atoms with van der Waals surface area (Å²) in [5, 5.41) is 20.6. The summed E-state index contributed by atoms with van der Waals surface area (Å²) in [7, 11) is 5.72. The van der Waals surface area contributed by atoms with Gasteiger partial charge in [-0.15, -0.1) is 0 Å². The number of methoxy groups -OCH3 is 2. The van der Waals surface area contributed by atoms with Gasteiger partial charge in [0.15, 0.2) is 0 Å². The largest absolute Gasteiger partial charge is 0.390 e. The molecule has 9 atom stereocenters. The Balaban J connectivity index is 1.63. The molecule has 0 aromatic heterocycles. The molecule has 2 aliphatic carbocycles. The number of hydrogen-bond acceptors (Lipinski definition) is 4. The zero-order valence-electron chi connectivity index (χ0n) is 15.5. The standard InChI is InChI=1S/C19H35NO4/c1-20-10-13(6-12-4-5-18(23-2)16(21)7-12)15-9-19(24-3)17(22)8-14(15)11-20/h12-19,21-22H,4-11H2,1-3H3/p+1. The number of rotatable bonds is 4. The third kappa shape index (κ3) is 3.96. The molecule has 5 heteroatoms. The first-order valence-corrected chi connectivity index (χ1v) is 9.74. The van der Waals surface area contributed by atoms with Crippen LogP contribution in [0.5, 0.6) is 0 Å². The van der Waals surface area contributed by atoms with E-state index in [4.69, 9.17) is 9.47 Å². The van der Waals surface area contributed by atoms with Crippen molar-refractivity contribution in [1.29, 1.82) is 0 Å². The van der Waals surface area contributed by atoms with Gasteiger partial charge >= 0.3 is 0 Å². The molecule has 140 valence electrons. The predicted molar refractivity (Wildman–Crippen MR) is 91.9 cm³/mol. The van der Waals surface area contributed by atoms with Gasteiger partial charge in [-0.25, -0.2) is 0 Å². The van der Waals surface area contributed by atoms with Crippen LogP contribution in [-0.4, -0.2) is 69.0 Å². The highest BCUT2D eigenvalue weighted by Gasteiger charge is 2.46. The van der Waals surface area contributed by atoms with Gasteiger partial charge in [-0.2, -0.15) is 0 Å².